The lowest BCUT2D eigenvalue weighted by Gasteiger charge is -2.21. The molecule has 16 heavy (non-hydrogen) atoms. The largest absolute Gasteiger partial charge is 0.313 e. The van der Waals surface area contributed by atoms with Gasteiger partial charge in [0.1, 0.15) is 0 Å². The minimum Gasteiger partial charge on any atom is -0.313 e. The van der Waals surface area contributed by atoms with Crippen molar-refractivity contribution >= 4 is 11.3 Å². The molecule has 1 N–H and O–H groups in total. The molecule has 1 aromatic rings. The molecule has 1 aromatic heterocycles. The van der Waals surface area contributed by atoms with Gasteiger partial charge in [-0.3, -0.25) is 0 Å². The normalized spacial score (nSPS) is 23.2. The summed E-state index contributed by atoms with van der Waals surface area (Å²) in [5.74, 6) is 0. The van der Waals surface area contributed by atoms with Crippen LogP contribution in [0, 0.1) is 6.92 Å². The Morgan fingerprint density at radius 3 is 3.25 bits per heavy atom. The standard InChI is InChI=1S/C12H21N3S/c1-10-8-15(6-3-5-13-10)7-4-12-14-11(2)9-16-12/h9-10,13H,3-8H2,1-2H3. The maximum absolute atomic E-state index is 4.51. The van der Waals surface area contributed by atoms with E-state index in [0.717, 1.165) is 25.2 Å². The summed E-state index contributed by atoms with van der Waals surface area (Å²) in [6.07, 6.45) is 2.37. The van der Waals surface area contributed by atoms with Crippen LogP contribution in [0.15, 0.2) is 5.38 Å². The zero-order chi connectivity index (χ0) is 11.4. The molecule has 0 aliphatic carbocycles. The van der Waals surface area contributed by atoms with Crippen LogP contribution in [0.1, 0.15) is 24.0 Å². The van der Waals surface area contributed by atoms with Gasteiger partial charge in [0.2, 0.25) is 0 Å². The first-order valence-corrected chi connectivity index (χ1v) is 6.99. The summed E-state index contributed by atoms with van der Waals surface area (Å²) in [5.41, 5.74) is 1.16. The highest BCUT2D eigenvalue weighted by atomic mass is 32.1. The van der Waals surface area contributed by atoms with Crippen molar-refractivity contribution in [2.45, 2.75) is 32.7 Å². The predicted molar refractivity (Wildman–Crippen MR) is 69.1 cm³/mol. The summed E-state index contributed by atoms with van der Waals surface area (Å²) >= 11 is 1.79. The first kappa shape index (κ1) is 12.0. The number of nitrogens with zero attached hydrogens (tertiary/aromatic N) is 2. The Labute approximate surface area is 102 Å². The summed E-state index contributed by atoms with van der Waals surface area (Å²) in [5, 5.41) is 6.94. The van der Waals surface area contributed by atoms with E-state index in [1.165, 1.54) is 24.5 Å². The second kappa shape index (κ2) is 5.75. The molecule has 2 heterocycles. The van der Waals surface area contributed by atoms with Gasteiger partial charge in [0, 0.05) is 36.6 Å². The van der Waals surface area contributed by atoms with Crippen LogP contribution in [0.4, 0.5) is 0 Å². The zero-order valence-corrected chi connectivity index (χ0v) is 11.0. The molecule has 4 heteroatoms. The number of hydrogen-bond acceptors (Lipinski definition) is 4. The van der Waals surface area contributed by atoms with E-state index in [1.54, 1.807) is 11.3 Å². The summed E-state index contributed by atoms with van der Waals surface area (Å²) in [7, 11) is 0. The van der Waals surface area contributed by atoms with Gasteiger partial charge in [0.25, 0.3) is 0 Å². The minimum absolute atomic E-state index is 0.625. The number of aryl methyl sites for hydroxylation is 1. The average Bonchev–Trinajstić information content (AvgIpc) is 2.55. The third-order valence-corrected chi connectivity index (χ3v) is 4.01. The van der Waals surface area contributed by atoms with Crippen LogP contribution in [0.5, 0.6) is 0 Å². The van der Waals surface area contributed by atoms with E-state index in [4.69, 9.17) is 0 Å². The van der Waals surface area contributed by atoms with E-state index in [9.17, 15) is 0 Å². The Morgan fingerprint density at radius 2 is 2.50 bits per heavy atom. The van der Waals surface area contributed by atoms with Gasteiger partial charge < -0.3 is 10.2 Å². The zero-order valence-electron chi connectivity index (χ0n) is 10.2. The summed E-state index contributed by atoms with van der Waals surface area (Å²) < 4.78 is 0. The van der Waals surface area contributed by atoms with Crippen LogP contribution in [0.3, 0.4) is 0 Å². The van der Waals surface area contributed by atoms with Crippen LogP contribution in [-0.2, 0) is 6.42 Å². The molecule has 0 saturated carbocycles. The molecule has 1 aliphatic rings. The summed E-state index contributed by atoms with van der Waals surface area (Å²) in [4.78, 5) is 7.07. The molecule has 1 saturated heterocycles. The SMILES string of the molecule is Cc1csc(CCN2CCCNC(C)C2)n1. The average molecular weight is 239 g/mol. The first-order valence-electron chi connectivity index (χ1n) is 6.11. The maximum Gasteiger partial charge on any atom is 0.0940 e. The molecule has 1 atom stereocenters. The Bertz CT molecular complexity index is 324. The quantitative estimate of drug-likeness (QED) is 0.870. The predicted octanol–water partition coefficient (Wildman–Crippen LogP) is 1.68. The van der Waals surface area contributed by atoms with Gasteiger partial charge in [-0.05, 0) is 33.4 Å². The van der Waals surface area contributed by atoms with E-state index in [0.29, 0.717) is 6.04 Å². The number of hydrogen-bond donors (Lipinski definition) is 1. The topological polar surface area (TPSA) is 28.2 Å². The monoisotopic (exact) mass is 239 g/mol. The molecule has 90 valence electrons. The summed E-state index contributed by atoms with van der Waals surface area (Å²) in [6.45, 7) is 9.04. The molecule has 0 radical (unpaired) electrons. The van der Waals surface area contributed by atoms with Gasteiger partial charge in [0.05, 0.1) is 5.01 Å². The van der Waals surface area contributed by atoms with Gasteiger partial charge in [-0.15, -0.1) is 11.3 Å². The van der Waals surface area contributed by atoms with Crippen molar-refractivity contribution in [2.24, 2.45) is 0 Å². The fourth-order valence-electron chi connectivity index (χ4n) is 2.17. The Kier molecular flexibility index (Phi) is 4.32. The van der Waals surface area contributed by atoms with Gasteiger partial charge in [-0.1, -0.05) is 0 Å². The lowest BCUT2D eigenvalue weighted by atomic mass is 10.3. The molecule has 1 aliphatic heterocycles. The van der Waals surface area contributed by atoms with Gasteiger partial charge in [-0.25, -0.2) is 4.98 Å². The maximum atomic E-state index is 4.51. The first-order chi connectivity index (χ1) is 7.74. The van der Waals surface area contributed by atoms with Crippen molar-refractivity contribution in [1.82, 2.24) is 15.2 Å². The molecular formula is C12H21N3S. The lowest BCUT2D eigenvalue weighted by molar-refractivity contribution is 0.276. The third kappa shape index (κ3) is 3.54. The number of thiazole rings is 1. The van der Waals surface area contributed by atoms with Crippen molar-refractivity contribution < 1.29 is 0 Å². The molecule has 0 spiro atoms. The molecule has 0 bridgehead atoms. The number of rotatable bonds is 3. The van der Waals surface area contributed by atoms with Crippen LogP contribution < -0.4 is 5.32 Å². The molecule has 0 amide bonds. The number of nitrogens with one attached hydrogen (secondary N) is 1. The Balaban J connectivity index is 1.80. The summed E-state index contributed by atoms with van der Waals surface area (Å²) in [6, 6.07) is 0.625. The van der Waals surface area contributed by atoms with E-state index in [-0.39, 0.29) is 0 Å². The molecule has 3 nitrogen and oxygen atoms in total. The molecule has 1 fully saturated rings. The smallest absolute Gasteiger partial charge is 0.0940 e. The molecule has 0 aromatic carbocycles. The fourth-order valence-corrected chi connectivity index (χ4v) is 2.93. The second-order valence-electron chi connectivity index (χ2n) is 4.64. The van der Waals surface area contributed by atoms with Crippen LogP contribution in [0.25, 0.3) is 0 Å². The molecular weight excluding hydrogens is 218 g/mol. The lowest BCUT2D eigenvalue weighted by Crippen LogP contribution is -2.36. The van der Waals surface area contributed by atoms with Crippen molar-refractivity contribution in [1.29, 1.82) is 0 Å². The van der Waals surface area contributed by atoms with E-state index < -0.39 is 0 Å². The molecule has 1 unspecified atom stereocenters. The Hall–Kier alpha value is -0.450. The van der Waals surface area contributed by atoms with Crippen LogP contribution in [-0.4, -0.2) is 42.1 Å². The van der Waals surface area contributed by atoms with Crippen molar-refractivity contribution in [3.8, 4) is 0 Å². The van der Waals surface area contributed by atoms with Crippen molar-refractivity contribution in [2.75, 3.05) is 26.2 Å². The van der Waals surface area contributed by atoms with Gasteiger partial charge in [-0.2, -0.15) is 0 Å². The Morgan fingerprint density at radius 1 is 1.62 bits per heavy atom. The highest BCUT2D eigenvalue weighted by Gasteiger charge is 2.13. The number of aromatic nitrogens is 1. The van der Waals surface area contributed by atoms with Crippen LogP contribution in [0.2, 0.25) is 0 Å². The van der Waals surface area contributed by atoms with Gasteiger partial charge >= 0.3 is 0 Å². The second-order valence-corrected chi connectivity index (χ2v) is 5.58. The van der Waals surface area contributed by atoms with Crippen molar-refractivity contribution in [3.05, 3.63) is 16.1 Å². The minimum atomic E-state index is 0.625. The van der Waals surface area contributed by atoms with Gasteiger partial charge in [0.15, 0.2) is 0 Å². The highest BCUT2D eigenvalue weighted by molar-refractivity contribution is 7.09. The fraction of sp³-hybridized carbons (Fsp3) is 0.750. The van der Waals surface area contributed by atoms with Crippen molar-refractivity contribution in [3.63, 3.8) is 0 Å². The van der Waals surface area contributed by atoms with Crippen LogP contribution >= 0.6 is 11.3 Å². The highest BCUT2D eigenvalue weighted by Crippen LogP contribution is 2.10. The molecule has 2 rings (SSSR count). The van der Waals surface area contributed by atoms with E-state index in [1.807, 2.05) is 0 Å². The third-order valence-electron chi connectivity index (χ3n) is 2.98. The van der Waals surface area contributed by atoms with E-state index >= 15 is 0 Å². The van der Waals surface area contributed by atoms with E-state index in [2.05, 4.69) is 34.4 Å².